The van der Waals surface area contributed by atoms with Crippen LogP contribution in [0.5, 0.6) is 0 Å². The maximum absolute atomic E-state index is 2.28. The van der Waals surface area contributed by atoms with Gasteiger partial charge in [-0.3, -0.25) is 0 Å². The van der Waals surface area contributed by atoms with Crippen LogP contribution in [0.25, 0.3) is 35.4 Å². The van der Waals surface area contributed by atoms with Crippen molar-refractivity contribution in [2.24, 2.45) is 0 Å². The van der Waals surface area contributed by atoms with Crippen molar-refractivity contribution < 1.29 is 0 Å². The van der Waals surface area contributed by atoms with Crippen LogP contribution >= 0.6 is 0 Å². The predicted molar refractivity (Wildman–Crippen MR) is 241 cm³/mol. The number of rotatable bonds is 11. The average molecular weight is 721 g/mol. The summed E-state index contributed by atoms with van der Waals surface area (Å²) < 4.78 is 0. The summed E-state index contributed by atoms with van der Waals surface area (Å²) in [5, 5.41) is 0. The van der Waals surface area contributed by atoms with Gasteiger partial charge in [0.05, 0.1) is 0 Å². The molecule has 0 atom stereocenters. The van der Waals surface area contributed by atoms with Crippen molar-refractivity contribution in [2.45, 2.75) is 13.8 Å². The van der Waals surface area contributed by atoms with Gasteiger partial charge in [-0.15, -0.1) is 0 Å². The normalized spacial score (nSPS) is 11.2. The first-order chi connectivity index (χ1) is 27.6. The van der Waals surface area contributed by atoms with E-state index in [0.29, 0.717) is 0 Å². The Kier molecular flexibility index (Phi) is 10.8. The maximum Gasteiger partial charge on any atom is 0.0462 e. The molecule has 0 bridgehead atoms. The molecule has 8 aromatic rings. The molecule has 0 aromatic heterocycles. The molecule has 0 spiro atoms. The summed E-state index contributed by atoms with van der Waals surface area (Å²) in [6.45, 7) is 4.41. The third kappa shape index (κ3) is 8.31. The van der Waals surface area contributed by atoms with E-state index in [0.717, 1.165) is 45.3 Å². The fourth-order valence-electron chi connectivity index (χ4n) is 7.24. The molecule has 8 aromatic carbocycles. The lowest BCUT2D eigenvalue weighted by molar-refractivity contribution is 1.28. The molecule has 0 radical (unpaired) electrons. The SMILES string of the molecule is Cc1cc(C=Cc2ccc(N(c3ccccc3)c3ccccc3)cc2)ccc1-c1ccc(C=Cc2ccc(N(c3ccccc3)c3ccccc3)cc2)cc1C. The molecule has 0 amide bonds. The third-order valence-corrected chi connectivity index (χ3v) is 10.1. The molecule has 8 rings (SSSR count). The number of para-hydroxylation sites is 4. The van der Waals surface area contributed by atoms with Crippen LogP contribution in [0.4, 0.5) is 34.1 Å². The third-order valence-electron chi connectivity index (χ3n) is 10.1. The van der Waals surface area contributed by atoms with Crippen molar-refractivity contribution in [3.63, 3.8) is 0 Å². The zero-order valence-electron chi connectivity index (χ0n) is 31.8. The van der Waals surface area contributed by atoms with Gasteiger partial charge in [-0.25, -0.2) is 0 Å². The second-order valence-electron chi connectivity index (χ2n) is 14.0. The number of aryl methyl sites for hydroxylation is 2. The predicted octanol–water partition coefficient (Wildman–Crippen LogP) is 15.3. The molecule has 0 unspecified atom stereocenters. The summed E-state index contributed by atoms with van der Waals surface area (Å²) >= 11 is 0. The van der Waals surface area contributed by atoms with E-state index in [1.54, 1.807) is 0 Å². The van der Waals surface area contributed by atoms with Crippen molar-refractivity contribution in [3.05, 3.63) is 240 Å². The van der Waals surface area contributed by atoms with Crippen LogP contribution in [-0.4, -0.2) is 0 Å². The molecule has 0 aliphatic rings. The highest BCUT2D eigenvalue weighted by Gasteiger charge is 2.13. The summed E-state index contributed by atoms with van der Waals surface area (Å²) in [5.74, 6) is 0. The average Bonchev–Trinajstić information content (AvgIpc) is 3.25. The van der Waals surface area contributed by atoms with Gasteiger partial charge >= 0.3 is 0 Å². The van der Waals surface area contributed by atoms with Crippen LogP contribution in [0.2, 0.25) is 0 Å². The topological polar surface area (TPSA) is 6.48 Å². The first kappa shape index (κ1) is 35.8. The zero-order valence-corrected chi connectivity index (χ0v) is 31.8. The van der Waals surface area contributed by atoms with Crippen molar-refractivity contribution in [1.29, 1.82) is 0 Å². The van der Waals surface area contributed by atoms with Crippen LogP contribution in [0.1, 0.15) is 33.4 Å². The van der Waals surface area contributed by atoms with Gasteiger partial charge in [0.1, 0.15) is 0 Å². The fraction of sp³-hybridized carbons (Fsp3) is 0.0370. The Labute approximate surface area is 331 Å². The van der Waals surface area contributed by atoms with Crippen LogP contribution < -0.4 is 9.80 Å². The lowest BCUT2D eigenvalue weighted by atomic mass is 9.93. The molecule has 0 aliphatic carbocycles. The van der Waals surface area contributed by atoms with E-state index >= 15 is 0 Å². The quantitative estimate of drug-likeness (QED) is 0.123. The minimum atomic E-state index is 1.13. The monoisotopic (exact) mass is 720 g/mol. The Hall–Kier alpha value is -7.16. The largest absolute Gasteiger partial charge is 0.311 e. The van der Waals surface area contributed by atoms with E-state index in [9.17, 15) is 0 Å². The van der Waals surface area contributed by atoms with E-state index in [4.69, 9.17) is 0 Å². The Bertz CT molecular complexity index is 2290. The maximum atomic E-state index is 2.28. The Morgan fingerprint density at radius 2 is 0.518 bits per heavy atom. The van der Waals surface area contributed by atoms with E-state index in [2.05, 4.69) is 254 Å². The van der Waals surface area contributed by atoms with Gasteiger partial charge in [0, 0.05) is 34.1 Å². The van der Waals surface area contributed by atoms with Crippen molar-refractivity contribution >= 4 is 58.4 Å². The van der Waals surface area contributed by atoms with E-state index < -0.39 is 0 Å². The zero-order chi connectivity index (χ0) is 38.1. The highest BCUT2D eigenvalue weighted by molar-refractivity contribution is 5.81. The molecule has 0 fully saturated rings. The Morgan fingerprint density at radius 3 is 0.804 bits per heavy atom. The van der Waals surface area contributed by atoms with Gasteiger partial charge in [0.15, 0.2) is 0 Å². The van der Waals surface area contributed by atoms with Crippen molar-refractivity contribution in [1.82, 2.24) is 0 Å². The number of nitrogens with zero attached hydrogens (tertiary/aromatic N) is 2. The molecule has 0 heterocycles. The standard InChI is InChI=1S/C54H44N2/c1-41-39-45(25-23-43-27-33-51(34-28-43)55(47-15-7-3-8-16-47)48-17-9-4-10-18-48)31-37-53(41)54-38-32-46(40-42(54)2)26-24-44-29-35-52(36-30-44)56(49-19-11-5-12-20-49)50-21-13-6-14-22-50/h3-40H,1-2H3. The molecular formula is C54H44N2. The van der Waals surface area contributed by atoms with Crippen molar-refractivity contribution in [2.75, 3.05) is 9.80 Å². The van der Waals surface area contributed by atoms with Gasteiger partial charge in [0.25, 0.3) is 0 Å². The molecule has 2 heteroatoms. The Morgan fingerprint density at radius 1 is 0.268 bits per heavy atom. The summed E-state index contributed by atoms with van der Waals surface area (Å²) in [4.78, 5) is 4.57. The molecule has 0 saturated heterocycles. The van der Waals surface area contributed by atoms with E-state index in [1.807, 2.05) is 0 Å². The van der Waals surface area contributed by atoms with Gasteiger partial charge < -0.3 is 9.80 Å². The van der Waals surface area contributed by atoms with Gasteiger partial charge in [-0.2, -0.15) is 0 Å². The van der Waals surface area contributed by atoms with E-state index in [1.165, 1.54) is 33.4 Å². The minimum absolute atomic E-state index is 1.13. The van der Waals surface area contributed by atoms with Crippen LogP contribution in [0.3, 0.4) is 0 Å². The van der Waals surface area contributed by atoms with Crippen LogP contribution in [-0.2, 0) is 0 Å². The first-order valence-electron chi connectivity index (χ1n) is 19.2. The molecule has 56 heavy (non-hydrogen) atoms. The number of hydrogen-bond acceptors (Lipinski definition) is 2. The Balaban J connectivity index is 0.942. The summed E-state index contributed by atoms with van der Waals surface area (Å²) in [7, 11) is 0. The summed E-state index contributed by atoms with van der Waals surface area (Å²) in [6, 6.07) is 73.0. The lowest BCUT2D eigenvalue weighted by Gasteiger charge is -2.25. The highest BCUT2D eigenvalue weighted by atomic mass is 15.1. The van der Waals surface area contributed by atoms with E-state index in [-0.39, 0.29) is 0 Å². The molecule has 2 nitrogen and oxygen atoms in total. The molecule has 0 aliphatic heterocycles. The van der Waals surface area contributed by atoms with Gasteiger partial charge in [-0.1, -0.05) is 158 Å². The van der Waals surface area contributed by atoms with Gasteiger partial charge in [-0.05, 0) is 131 Å². The minimum Gasteiger partial charge on any atom is -0.311 e. The first-order valence-corrected chi connectivity index (χ1v) is 19.2. The fourth-order valence-corrected chi connectivity index (χ4v) is 7.24. The summed E-state index contributed by atoms with van der Waals surface area (Å²) in [5.41, 5.74) is 16.5. The number of hydrogen-bond donors (Lipinski definition) is 0. The molecule has 0 N–H and O–H groups in total. The second kappa shape index (κ2) is 16.9. The highest BCUT2D eigenvalue weighted by Crippen LogP contribution is 2.36. The van der Waals surface area contributed by atoms with Gasteiger partial charge in [0.2, 0.25) is 0 Å². The smallest absolute Gasteiger partial charge is 0.0462 e. The lowest BCUT2D eigenvalue weighted by Crippen LogP contribution is -2.09. The molecular weight excluding hydrogens is 677 g/mol. The molecule has 0 saturated carbocycles. The van der Waals surface area contributed by atoms with Crippen LogP contribution in [0.15, 0.2) is 206 Å². The second-order valence-corrected chi connectivity index (χ2v) is 14.0. The van der Waals surface area contributed by atoms with Crippen LogP contribution in [0, 0.1) is 13.8 Å². The number of benzene rings is 8. The number of anilines is 6. The van der Waals surface area contributed by atoms with Crippen molar-refractivity contribution in [3.8, 4) is 11.1 Å². The summed E-state index contributed by atoms with van der Waals surface area (Å²) in [6.07, 6.45) is 8.78. The molecule has 270 valence electrons.